The second-order valence-electron chi connectivity index (χ2n) is 3.49. The summed E-state index contributed by atoms with van der Waals surface area (Å²) in [6.45, 7) is 0.583. The molecule has 0 N–H and O–H groups in total. The monoisotopic (exact) mass is 312 g/mol. The molecule has 0 saturated carbocycles. The fraction of sp³-hybridized carbons (Fsp3) is 0.231. The van der Waals surface area contributed by atoms with Gasteiger partial charge in [-0.1, -0.05) is 28.1 Å². The van der Waals surface area contributed by atoms with Crippen molar-refractivity contribution in [2.75, 3.05) is 7.11 Å². The lowest BCUT2D eigenvalue weighted by Crippen LogP contribution is -1.96. The molecule has 2 nitrogen and oxygen atoms in total. The Morgan fingerprint density at radius 1 is 1.24 bits per heavy atom. The van der Waals surface area contributed by atoms with Crippen molar-refractivity contribution in [3.05, 3.63) is 46.2 Å². The van der Waals surface area contributed by atoms with Crippen molar-refractivity contribution in [1.82, 2.24) is 0 Å². The Morgan fingerprint density at radius 2 is 2.12 bits per heavy atom. The van der Waals surface area contributed by atoms with E-state index in [9.17, 15) is 0 Å². The Bertz CT molecular complexity index is 468. The van der Waals surface area contributed by atoms with Crippen molar-refractivity contribution in [2.24, 2.45) is 0 Å². The van der Waals surface area contributed by atoms with Gasteiger partial charge in [-0.25, -0.2) is 0 Å². The van der Waals surface area contributed by atoms with Crippen LogP contribution in [0.25, 0.3) is 0 Å². The highest BCUT2D eigenvalue weighted by atomic mass is 79.9. The highest BCUT2D eigenvalue weighted by Crippen LogP contribution is 2.29. The predicted octanol–water partition coefficient (Wildman–Crippen LogP) is 4.23. The molecule has 1 heterocycles. The van der Waals surface area contributed by atoms with Crippen LogP contribution in [-0.2, 0) is 11.9 Å². The van der Waals surface area contributed by atoms with Gasteiger partial charge in [0, 0.05) is 10.2 Å². The molecule has 0 aliphatic carbocycles. The number of rotatable bonds is 5. The Balaban J connectivity index is 2.12. The summed E-state index contributed by atoms with van der Waals surface area (Å²) in [4.78, 5) is 1.20. The van der Waals surface area contributed by atoms with Gasteiger partial charge in [0.05, 0.1) is 7.11 Å². The van der Waals surface area contributed by atoms with Crippen LogP contribution in [0, 0.1) is 0 Å². The third kappa shape index (κ3) is 3.23. The second kappa shape index (κ2) is 6.07. The lowest BCUT2D eigenvalue weighted by molar-refractivity contribution is 0.287. The van der Waals surface area contributed by atoms with E-state index in [-0.39, 0.29) is 0 Å². The van der Waals surface area contributed by atoms with Gasteiger partial charge in [0.15, 0.2) is 11.5 Å². The minimum Gasteiger partial charge on any atom is -0.493 e. The van der Waals surface area contributed by atoms with Gasteiger partial charge in [-0.2, -0.15) is 0 Å². The highest BCUT2D eigenvalue weighted by Gasteiger charge is 2.06. The van der Waals surface area contributed by atoms with E-state index in [1.807, 2.05) is 29.6 Å². The summed E-state index contributed by atoms with van der Waals surface area (Å²) in [6, 6.07) is 10.0. The van der Waals surface area contributed by atoms with Crippen LogP contribution in [0.15, 0.2) is 35.7 Å². The normalized spacial score (nSPS) is 10.2. The number of ether oxygens (including phenoxy) is 2. The van der Waals surface area contributed by atoms with Gasteiger partial charge < -0.3 is 9.47 Å². The molecule has 2 aromatic rings. The van der Waals surface area contributed by atoms with Crippen molar-refractivity contribution in [3.8, 4) is 11.5 Å². The molecule has 0 bridgehead atoms. The Kier molecular flexibility index (Phi) is 4.45. The summed E-state index contributed by atoms with van der Waals surface area (Å²) in [5.41, 5.74) is 1.17. The topological polar surface area (TPSA) is 18.5 Å². The first-order valence-corrected chi connectivity index (χ1v) is 7.21. The van der Waals surface area contributed by atoms with Crippen molar-refractivity contribution in [3.63, 3.8) is 0 Å². The van der Waals surface area contributed by atoms with E-state index in [4.69, 9.17) is 9.47 Å². The number of hydrogen-bond acceptors (Lipinski definition) is 3. The van der Waals surface area contributed by atoms with Crippen LogP contribution in [0.4, 0.5) is 0 Å². The number of hydrogen-bond donors (Lipinski definition) is 0. The lowest BCUT2D eigenvalue weighted by Gasteiger charge is -2.11. The average molecular weight is 313 g/mol. The first-order valence-electron chi connectivity index (χ1n) is 5.21. The quantitative estimate of drug-likeness (QED) is 0.769. The molecule has 0 unspecified atom stereocenters. The molecule has 0 aliphatic heterocycles. The maximum absolute atomic E-state index is 5.78. The van der Waals surface area contributed by atoms with Gasteiger partial charge in [-0.05, 0) is 29.1 Å². The van der Waals surface area contributed by atoms with Crippen molar-refractivity contribution in [2.45, 2.75) is 11.9 Å². The molecule has 0 fully saturated rings. The van der Waals surface area contributed by atoms with Gasteiger partial charge in [0.2, 0.25) is 0 Å². The fourth-order valence-electron chi connectivity index (χ4n) is 1.46. The molecule has 2 rings (SSSR count). The summed E-state index contributed by atoms with van der Waals surface area (Å²) < 4.78 is 11.1. The van der Waals surface area contributed by atoms with E-state index >= 15 is 0 Å². The van der Waals surface area contributed by atoms with Crippen LogP contribution in [0.3, 0.4) is 0 Å². The smallest absolute Gasteiger partial charge is 0.162 e. The molecular formula is C13H13BrO2S. The highest BCUT2D eigenvalue weighted by molar-refractivity contribution is 9.08. The maximum atomic E-state index is 5.78. The SMILES string of the molecule is COc1ccc(CBr)cc1OCc1cccs1. The van der Waals surface area contributed by atoms with Crippen LogP contribution in [-0.4, -0.2) is 7.11 Å². The van der Waals surface area contributed by atoms with Gasteiger partial charge in [-0.3, -0.25) is 0 Å². The van der Waals surface area contributed by atoms with Crippen LogP contribution in [0.2, 0.25) is 0 Å². The molecule has 0 aliphatic rings. The molecule has 0 atom stereocenters. The summed E-state index contributed by atoms with van der Waals surface area (Å²) in [7, 11) is 1.65. The zero-order valence-electron chi connectivity index (χ0n) is 9.48. The molecule has 90 valence electrons. The zero-order valence-corrected chi connectivity index (χ0v) is 11.9. The van der Waals surface area contributed by atoms with E-state index in [2.05, 4.69) is 22.0 Å². The molecule has 0 radical (unpaired) electrons. The van der Waals surface area contributed by atoms with Crippen LogP contribution in [0.5, 0.6) is 11.5 Å². The fourth-order valence-corrected chi connectivity index (χ4v) is 2.43. The number of methoxy groups -OCH3 is 1. The first-order chi connectivity index (χ1) is 8.33. The molecular weight excluding hydrogens is 300 g/mol. The molecule has 0 saturated heterocycles. The van der Waals surface area contributed by atoms with E-state index in [0.29, 0.717) is 6.61 Å². The standard InChI is InChI=1S/C13H13BrO2S/c1-15-12-5-4-10(8-14)7-13(12)16-9-11-3-2-6-17-11/h2-7H,8-9H2,1H3. The Morgan fingerprint density at radius 3 is 2.76 bits per heavy atom. The minimum absolute atomic E-state index is 0.583. The van der Waals surface area contributed by atoms with Gasteiger partial charge in [0.25, 0.3) is 0 Å². The zero-order chi connectivity index (χ0) is 12.1. The number of halogens is 1. The van der Waals surface area contributed by atoms with Crippen molar-refractivity contribution in [1.29, 1.82) is 0 Å². The maximum Gasteiger partial charge on any atom is 0.162 e. The van der Waals surface area contributed by atoms with Gasteiger partial charge in [-0.15, -0.1) is 11.3 Å². The van der Waals surface area contributed by atoms with Crippen LogP contribution < -0.4 is 9.47 Å². The van der Waals surface area contributed by atoms with E-state index in [1.54, 1.807) is 18.4 Å². The number of thiophene rings is 1. The van der Waals surface area contributed by atoms with Crippen molar-refractivity contribution >= 4 is 27.3 Å². The molecule has 1 aromatic carbocycles. The Labute approximate surface area is 113 Å². The third-order valence-corrected chi connectivity index (χ3v) is 3.83. The van der Waals surface area contributed by atoms with Gasteiger partial charge >= 0.3 is 0 Å². The van der Waals surface area contributed by atoms with E-state index in [0.717, 1.165) is 16.8 Å². The van der Waals surface area contributed by atoms with E-state index < -0.39 is 0 Å². The Hall–Kier alpha value is -1.00. The molecule has 4 heteroatoms. The molecule has 0 spiro atoms. The molecule has 17 heavy (non-hydrogen) atoms. The summed E-state index contributed by atoms with van der Waals surface area (Å²) in [6.07, 6.45) is 0. The third-order valence-electron chi connectivity index (χ3n) is 2.33. The van der Waals surface area contributed by atoms with Gasteiger partial charge in [0.1, 0.15) is 6.61 Å². The average Bonchev–Trinajstić information content (AvgIpc) is 2.89. The summed E-state index contributed by atoms with van der Waals surface area (Å²) in [5.74, 6) is 1.56. The predicted molar refractivity (Wildman–Crippen MR) is 74.3 cm³/mol. The number of alkyl halides is 1. The first kappa shape index (κ1) is 12.5. The minimum atomic E-state index is 0.583. The van der Waals surface area contributed by atoms with Crippen molar-refractivity contribution < 1.29 is 9.47 Å². The van der Waals surface area contributed by atoms with Crippen LogP contribution in [0.1, 0.15) is 10.4 Å². The summed E-state index contributed by atoms with van der Waals surface area (Å²) in [5, 5.41) is 2.86. The molecule has 1 aromatic heterocycles. The van der Waals surface area contributed by atoms with Crippen LogP contribution >= 0.6 is 27.3 Å². The van der Waals surface area contributed by atoms with E-state index in [1.165, 1.54) is 10.4 Å². The number of benzene rings is 1. The summed E-state index contributed by atoms with van der Waals surface area (Å²) >= 11 is 5.12. The largest absolute Gasteiger partial charge is 0.493 e. The second-order valence-corrected chi connectivity index (χ2v) is 5.08. The lowest BCUT2D eigenvalue weighted by atomic mass is 10.2. The molecule has 0 amide bonds.